The van der Waals surface area contributed by atoms with E-state index in [0.717, 1.165) is 43.7 Å². The first-order chi connectivity index (χ1) is 12.1. The highest BCUT2D eigenvalue weighted by Crippen LogP contribution is 2.36. The van der Waals surface area contributed by atoms with E-state index in [-0.39, 0.29) is 6.10 Å². The van der Waals surface area contributed by atoms with Gasteiger partial charge in [-0.1, -0.05) is 11.6 Å². The lowest BCUT2D eigenvalue weighted by molar-refractivity contribution is 0.126. The Kier molecular flexibility index (Phi) is 4.65. The number of aryl methyl sites for hydroxylation is 1. The van der Waals surface area contributed by atoms with Crippen LogP contribution in [0.15, 0.2) is 12.5 Å². The Morgan fingerprint density at radius 2 is 1.92 bits per heavy atom. The monoisotopic (exact) mass is 361 g/mol. The smallest absolute Gasteiger partial charge is 0.223 e. The van der Waals surface area contributed by atoms with E-state index in [4.69, 9.17) is 11.6 Å². The fraction of sp³-hybridized carbons (Fsp3) is 0.611. The minimum Gasteiger partial charge on any atom is -0.393 e. The number of rotatable bonds is 5. The van der Waals surface area contributed by atoms with Crippen LogP contribution in [0.25, 0.3) is 11.4 Å². The van der Waals surface area contributed by atoms with Gasteiger partial charge in [0.2, 0.25) is 5.95 Å². The van der Waals surface area contributed by atoms with E-state index in [1.165, 1.54) is 18.5 Å². The number of aliphatic hydroxyl groups excluding tert-OH is 1. The van der Waals surface area contributed by atoms with Crippen molar-refractivity contribution >= 4 is 17.5 Å². The van der Waals surface area contributed by atoms with Crippen LogP contribution in [0, 0.1) is 5.92 Å². The van der Waals surface area contributed by atoms with Crippen LogP contribution in [0.1, 0.15) is 44.2 Å². The van der Waals surface area contributed by atoms with Gasteiger partial charge in [-0.05, 0) is 50.9 Å². The molecule has 134 valence electrons. The van der Waals surface area contributed by atoms with E-state index in [9.17, 15) is 5.11 Å². The lowest BCUT2D eigenvalue weighted by Gasteiger charge is -2.26. The molecule has 0 amide bonds. The van der Waals surface area contributed by atoms with Crippen LogP contribution < -0.4 is 5.32 Å². The second-order valence-corrected chi connectivity index (χ2v) is 7.75. The number of aromatic nitrogens is 4. The summed E-state index contributed by atoms with van der Waals surface area (Å²) in [5.41, 5.74) is 2.75. The molecule has 0 atom stereocenters. The molecule has 2 fully saturated rings. The maximum Gasteiger partial charge on any atom is 0.223 e. The van der Waals surface area contributed by atoms with E-state index in [1.807, 2.05) is 13.4 Å². The average Bonchev–Trinajstić information content (AvgIpc) is 3.35. The number of halogens is 1. The molecule has 2 aliphatic carbocycles. The van der Waals surface area contributed by atoms with Gasteiger partial charge in [0.1, 0.15) is 11.4 Å². The highest BCUT2D eigenvalue weighted by Gasteiger charge is 2.26. The topological polar surface area (TPSA) is 75.9 Å². The third kappa shape index (κ3) is 3.80. The van der Waals surface area contributed by atoms with Crippen molar-refractivity contribution in [3.63, 3.8) is 0 Å². The van der Waals surface area contributed by atoms with Gasteiger partial charge in [0.25, 0.3) is 0 Å². The number of nitrogens with zero attached hydrogens (tertiary/aromatic N) is 4. The third-order valence-electron chi connectivity index (χ3n) is 5.24. The predicted octanol–water partition coefficient (Wildman–Crippen LogP) is 3.20. The summed E-state index contributed by atoms with van der Waals surface area (Å²) in [6, 6.07) is 0.298. The highest BCUT2D eigenvalue weighted by molar-refractivity contribution is 6.32. The average molecular weight is 362 g/mol. The highest BCUT2D eigenvalue weighted by atomic mass is 35.5. The van der Waals surface area contributed by atoms with Gasteiger partial charge in [-0.15, -0.1) is 0 Å². The second-order valence-electron chi connectivity index (χ2n) is 7.34. The minimum absolute atomic E-state index is 0.168. The number of hydrogen-bond donors (Lipinski definition) is 2. The third-order valence-corrected chi connectivity index (χ3v) is 5.51. The molecular weight excluding hydrogens is 338 g/mol. The first kappa shape index (κ1) is 16.8. The zero-order valence-electron chi connectivity index (χ0n) is 14.5. The Hall–Kier alpha value is -1.66. The summed E-state index contributed by atoms with van der Waals surface area (Å²) in [4.78, 5) is 13.6. The van der Waals surface area contributed by atoms with Crippen molar-refractivity contribution in [3.8, 4) is 11.4 Å². The molecule has 0 spiro atoms. The van der Waals surface area contributed by atoms with Crippen LogP contribution in [-0.2, 0) is 13.5 Å². The zero-order chi connectivity index (χ0) is 17.4. The van der Waals surface area contributed by atoms with Gasteiger partial charge in [0.15, 0.2) is 0 Å². The van der Waals surface area contributed by atoms with Crippen LogP contribution >= 0.6 is 11.6 Å². The molecule has 25 heavy (non-hydrogen) atoms. The lowest BCUT2D eigenvalue weighted by atomic mass is 9.93. The first-order valence-corrected chi connectivity index (χ1v) is 9.45. The Morgan fingerprint density at radius 1 is 1.16 bits per heavy atom. The Morgan fingerprint density at radius 3 is 2.64 bits per heavy atom. The molecular formula is C18H24ClN5O. The first-order valence-electron chi connectivity index (χ1n) is 9.08. The van der Waals surface area contributed by atoms with Crippen molar-refractivity contribution in [2.45, 2.75) is 57.1 Å². The van der Waals surface area contributed by atoms with E-state index < -0.39 is 0 Å². The van der Waals surface area contributed by atoms with Crippen molar-refractivity contribution in [2.24, 2.45) is 13.0 Å². The van der Waals surface area contributed by atoms with Crippen molar-refractivity contribution < 1.29 is 5.11 Å². The Bertz CT molecular complexity index is 750. The van der Waals surface area contributed by atoms with Crippen LogP contribution in [0.2, 0.25) is 5.02 Å². The number of imidazole rings is 1. The SMILES string of the molecule is Cn1cnc(-c2nc(NC3CCC(O)CC3)ncc2Cl)c1CC1CC1. The summed E-state index contributed by atoms with van der Waals surface area (Å²) in [7, 11) is 2.02. The van der Waals surface area contributed by atoms with Gasteiger partial charge in [0, 0.05) is 18.8 Å². The predicted molar refractivity (Wildman–Crippen MR) is 97.6 cm³/mol. The fourth-order valence-electron chi connectivity index (χ4n) is 3.49. The summed E-state index contributed by atoms with van der Waals surface area (Å²) in [5, 5.41) is 13.6. The summed E-state index contributed by atoms with van der Waals surface area (Å²) < 4.78 is 2.07. The molecule has 0 bridgehead atoms. The Balaban J connectivity index is 1.57. The molecule has 4 rings (SSSR count). The molecule has 0 unspecified atom stereocenters. The van der Waals surface area contributed by atoms with Gasteiger partial charge >= 0.3 is 0 Å². The molecule has 7 heteroatoms. The summed E-state index contributed by atoms with van der Waals surface area (Å²) in [5.74, 6) is 1.35. The lowest BCUT2D eigenvalue weighted by Crippen LogP contribution is -2.29. The number of anilines is 1. The molecule has 2 heterocycles. The standard InChI is InChI=1S/C18H24ClN5O/c1-24-10-21-17(15(24)8-11-2-3-11)16-14(19)9-20-18(23-16)22-12-4-6-13(25)7-5-12/h9-13,25H,2-8H2,1H3,(H,20,22,23). The van der Waals surface area contributed by atoms with Crippen molar-refractivity contribution in [2.75, 3.05) is 5.32 Å². The summed E-state index contributed by atoms with van der Waals surface area (Å²) in [6.07, 6.45) is 10.4. The van der Waals surface area contributed by atoms with Crippen LogP contribution in [0.4, 0.5) is 5.95 Å². The largest absolute Gasteiger partial charge is 0.393 e. The molecule has 2 N–H and O–H groups in total. The van der Waals surface area contributed by atoms with Gasteiger partial charge in [-0.3, -0.25) is 0 Å². The fourth-order valence-corrected chi connectivity index (χ4v) is 3.68. The van der Waals surface area contributed by atoms with E-state index in [0.29, 0.717) is 22.7 Å². The van der Waals surface area contributed by atoms with Crippen LogP contribution in [0.5, 0.6) is 0 Å². The number of hydrogen-bond acceptors (Lipinski definition) is 5. The quantitative estimate of drug-likeness (QED) is 0.855. The van der Waals surface area contributed by atoms with Gasteiger partial charge < -0.3 is 15.0 Å². The van der Waals surface area contributed by atoms with Crippen molar-refractivity contribution in [1.82, 2.24) is 19.5 Å². The zero-order valence-corrected chi connectivity index (χ0v) is 15.2. The molecule has 2 saturated carbocycles. The Labute approximate surface area is 152 Å². The molecule has 0 saturated heterocycles. The second kappa shape index (κ2) is 6.92. The summed E-state index contributed by atoms with van der Waals surface area (Å²) >= 11 is 6.39. The normalized spacial score (nSPS) is 23.6. The molecule has 2 aromatic heterocycles. The number of nitrogens with one attached hydrogen (secondary N) is 1. The molecule has 0 radical (unpaired) electrons. The van der Waals surface area contributed by atoms with Gasteiger partial charge in [-0.2, -0.15) is 0 Å². The van der Waals surface area contributed by atoms with Crippen molar-refractivity contribution in [3.05, 3.63) is 23.2 Å². The maximum absolute atomic E-state index is 9.65. The summed E-state index contributed by atoms with van der Waals surface area (Å²) in [6.45, 7) is 0. The van der Waals surface area contributed by atoms with Crippen LogP contribution in [0.3, 0.4) is 0 Å². The van der Waals surface area contributed by atoms with Crippen LogP contribution in [-0.4, -0.2) is 36.8 Å². The molecule has 0 aliphatic heterocycles. The molecule has 0 aromatic carbocycles. The number of aliphatic hydroxyl groups is 1. The van der Waals surface area contributed by atoms with E-state index >= 15 is 0 Å². The van der Waals surface area contributed by atoms with Crippen molar-refractivity contribution in [1.29, 1.82) is 0 Å². The molecule has 6 nitrogen and oxygen atoms in total. The van der Waals surface area contributed by atoms with Gasteiger partial charge in [0.05, 0.1) is 23.7 Å². The van der Waals surface area contributed by atoms with Gasteiger partial charge in [-0.25, -0.2) is 15.0 Å². The molecule has 2 aliphatic rings. The minimum atomic E-state index is -0.168. The maximum atomic E-state index is 9.65. The van der Waals surface area contributed by atoms with E-state index in [1.54, 1.807) is 6.20 Å². The van der Waals surface area contributed by atoms with E-state index in [2.05, 4.69) is 24.8 Å². The molecule has 2 aromatic rings.